The van der Waals surface area contributed by atoms with E-state index in [1.807, 2.05) is 56.3 Å². The van der Waals surface area contributed by atoms with Gasteiger partial charge >= 0.3 is 0 Å². The molecule has 1 aliphatic rings. The molecule has 1 aliphatic heterocycles. The van der Waals surface area contributed by atoms with E-state index in [1.54, 1.807) is 4.68 Å². The first-order valence-electron chi connectivity index (χ1n) is 10.7. The van der Waals surface area contributed by atoms with Crippen molar-refractivity contribution in [1.82, 2.24) is 14.8 Å². The number of aryl methyl sites for hydroxylation is 1. The molecule has 2 aromatic carbocycles. The first-order valence-corrected chi connectivity index (χ1v) is 11.5. The first kappa shape index (κ1) is 21.0. The summed E-state index contributed by atoms with van der Waals surface area (Å²) in [4.78, 5) is 17.5. The highest BCUT2D eigenvalue weighted by Crippen LogP contribution is 2.42. The number of rotatable bonds is 6. The largest absolute Gasteiger partial charge is 0.494 e. The van der Waals surface area contributed by atoms with Gasteiger partial charge in [0.1, 0.15) is 23.9 Å². The van der Waals surface area contributed by atoms with Crippen molar-refractivity contribution < 1.29 is 14.3 Å². The number of benzene rings is 2. The molecule has 7 nitrogen and oxygen atoms in total. The van der Waals surface area contributed by atoms with Crippen molar-refractivity contribution in [2.24, 2.45) is 0 Å². The summed E-state index contributed by atoms with van der Waals surface area (Å²) in [6, 6.07) is 13.5. The molecule has 0 saturated carbocycles. The molecule has 33 heavy (non-hydrogen) atoms. The van der Waals surface area contributed by atoms with Crippen LogP contribution in [0, 0.1) is 19.3 Å². The normalized spacial score (nSPS) is 15.1. The molecular formula is C25H22N4O3S. The maximum Gasteiger partial charge on any atom is 0.226 e. The molecule has 1 amide bonds. The number of thiazole rings is 1. The number of carbonyl (C=O) groups excluding carboxylic acids is 1. The second-order valence-corrected chi connectivity index (χ2v) is 8.70. The fraction of sp³-hybridized carbons (Fsp3) is 0.240. The number of nitrogens with one attached hydrogen (secondary N) is 1. The highest BCUT2D eigenvalue weighted by molar-refractivity contribution is 7.20. The van der Waals surface area contributed by atoms with Gasteiger partial charge in [-0.2, -0.15) is 9.78 Å². The fourth-order valence-electron chi connectivity index (χ4n) is 4.16. The van der Waals surface area contributed by atoms with Gasteiger partial charge < -0.3 is 14.8 Å². The summed E-state index contributed by atoms with van der Waals surface area (Å²) in [5.41, 5.74) is 3.67. The van der Waals surface area contributed by atoms with E-state index in [1.165, 1.54) is 11.3 Å². The molecule has 4 aromatic rings. The molecule has 0 aliphatic carbocycles. The van der Waals surface area contributed by atoms with Crippen LogP contribution in [0.4, 0.5) is 5.82 Å². The molecule has 1 N–H and O–H groups in total. The lowest BCUT2D eigenvalue weighted by atomic mass is 9.86. The van der Waals surface area contributed by atoms with Crippen LogP contribution in [-0.4, -0.2) is 33.9 Å². The van der Waals surface area contributed by atoms with Crippen molar-refractivity contribution in [1.29, 1.82) is 0 Å². The summed E-state index contributed by atoms with van der Waals surface area (Å²) in [5, 5.41) is 8.47. The average Bonchev–Trinajstić information content (AvgIpc) is 3.38. The van der Waals surface area contributed by atoms with Gasteiger partial charge in [-0.25, -0.2) is 4.98 Å². The second-order valence-electron chi connectivity index (χ2n) is 7.69. The number of hydrogen-bond donors (Lipinski definition) is 1. The molecule has 0 spiro atoms. The maximum atomic E-state index is 12.7. The van der Waals surface area contributed by atoms with Crippen LogP contribution in [-0.2, 0) is 4.79 Å². The molecule has 0 saturated heterocycles. The minimum Gasteiger partial charge on any atom is -0.494 e. The van der Waals surface area contributed by atoms with Crippen LogP contribution in [0.15, 0.2) is 42.5 Å². The van der Waals surface area contributed by atoms with Crippen molar-refractivity contribution >= 4 is 33.3 Å². The molecule has 166 valence electrons. The summed E-state index contributed by atoms with van der Waals surface area (Å²) in [5.74, 6) is 4.41. The van der Waals surface area contributed by atoms with Crippen molar-refractivity contribution in [3.8, 4) is 29.0 Å². The zero-order valence-corrected chi connectivity index (χ0v) is 19.1. The van der Waals surface area contributed by atoms with E-state index < -0.39 is 0 Å². The highest BCUT2D eigenvalue weighted by Gasteiger charge is 2.33. The molecule has 5 rings (SSSR count). The van der Waals surface area contributed by atoms with Gasteiger partial charge in [-0.15, -0.1) is 6.42 Å². The van der Waals surface area contributed by atoms with Crippen LogP contribution in [0.3, 0.4) is 0 Å². The van der Waals surface area contributed by atoms with Crippen LogP contribution in [0.1, 0.15) is 36.1 Å². The Labute approximate surface area is 195 Å². The van der Waals surface area contributed by atoms with Gasteiger partial charge in [0.25, 0.3) is 0 Å². The number of amides is 1. The average molecular weight is 459 g/mol. The van der Waals surface area contributed by atoms with Crippen molar-refractivity contribution in [2.45, 2.75) is 26.2 Å². The Bertz CT molecular complexity index is 1400. The summed E-state index contributed by atoms with van der Waals surface area (Å²) < 4.78 is 13.9. The van der Waals surface area contributed by atoms with E-state index >= 15 is 0 Å². The van der Waals surface area contributed by atoms with Gasteiger partial charge in [0, 0.05) is 17.9 Å². The van der Waals surface area contributed by atoms with E-state index in [0.717, 1.165) is 32.8 Å². The van der Waals surface area contributed by atoms with Crippen molar-refractivity contribution in [3.05, 3.63) is 59.3 Å². The van der Waals surface area contributed by atoms with Gasteiger partial charge in [-0.1, -0.05) is 29.4 Å². The second kappa shape index (κ2) is 8.60. The maximum absolute atomic E-state index is 12.7. The van der Waals surface area contributed by atoms with Gasteiger partial charge in [-0.3, -0.25) is 4.79 Å². The summed E-state index contributed by atoms with van der Waals surface area (Å²) in [6.07, 6.45) is 5.65. The van der Waals surface area contributed by atoms with Gasteiger partial charge in [-0.05, 0) is 49.7 Å². The number of terminal acetylenes is 1. The number of hydrogen-bond acceptors (Lipinski definition) is 6. The van der Waals surface area contributed by atoms with E-state index in [2.05, 4.69) is 11.2 Å². The first-order chi connectivity index (χ1) is 16.1. The lowest BCUT2D eigenvalue weighted by Gasteiger charge is -2.24. The SMILES string of the molecule is C#CCOc1cccc([C@H]2CC(=O)Nc3c2c(C)nn3-c2nc3ccc(OCC)cc3s2)c1. The molecule has 0 radical (unpaired) electrons. The smallest absolute Gasteiger partial charge is 0.226 e. The van der Waals surface area contributed by atoms with E-state index in [9.17, 15) is 4.79 Å². The number of fused-ring (bicyclic) bond motifs is 2. The highest BCUT2D eigenvalue weighted by atomic mass is 32.1. The molecule has 8 heteroatoms. The topological polar surface area (TPSA) is 78.3 Å². The zero-order chi connectivity index (χ0) is 22.9. The predicted molar refractivity (Wildman–Crippen MR) is 129 cm³/mol. The third-order valence-corrected chi connectivity index (χ3v) is 6.52. The van der Waals surface area contributed by atoms with Crippen LogP contribution in [0.25, 0.3) is 15.3 Å². The molecule has 0 unspecified atom stereocenters. The quantitative estimate of drug-likeness (QED) is 0.425. The lowest BCUT2D eigenvalue weighted by Crippen LogP contribution is -2.25. The number of nitrogens with zero attached hydrogens (tertiary/aromatic N) is 3. The third-order valence-electron chi connectivity index (χ3n) is 5.53. The number of carbonyl (C=O) groups is 1. The number of ether oxygens (including phenoxy) is 2. The predicted octanol–water partition coefficient (Wildman–Crippen LogP) is 4.68. The van der Waals surface area contributed by atoms with Gasteiger partial charge in [0.15, 0.2) is 0 Å². The van der Waals surface area contributed by atoms with Crippen LogP contribution in [0.5, 0.6) is 11.5 Å². The standard InChI is InChI=1S/C25H22N4O3S/c1-4-11-32-17-8-6-7-16(12-17)19-14-22(30)27-24-23(19)15(3)28-29(24)25-26-20-10-9-18(31-5-2)13-21(20)33-25/h1,6-10,12-13,19H,5,11,14H2,2-3H3,(H,27,30)/t19-/m1/s1. The number of aromatic nitrogens is 3. The Kier molecular flexibility index (Phi) is 5.48. The fourth-order valence-corrected chi connectivity index (χ4v) is 5.11. The number of anilines is 1. The molecule has 0 fully saturated rings. The summed E-state index contributed by atoms with van der Waals surface area (Å²) in [7, 11) is 0. The van der Waals surface area contributed by atoms with Gasteiger partial charge in [0.2, 0.25) is 11.0 Å². The van der Waals surface area contributed by atoms with Crippen LogP contribution >= 0.6 is 11.3 Å². The Hall–Kier alpha value is -3.83. The summed E-state index contributed by atoms with van der Waals surface area (Å²) in [6.45, 7) is 4.71. The minimum absolute atomic E-state index is 0.0664. The molecule has 1 atom stereocenters. The van der Waals surface area contributed by atoms with Crippen molar-refractivity contribution in [3.63, 3.8) is 0 Å². The molecular weight excluding hydrogens is 436 g/mol. The third kappa shape index (κ3) is 3.92. The Balaban J connectivity index is 1.57. The zero-order valence-electron chi connectivity index (χ0n) is 18.3. The van der Waals surface area contributed by atoms with Crippen LogP contribution < -0.4 is 14.8 Å². The van der Waals surface area contributed by atoms with Crippen molar-refractivity contribution in [2.75, 3.05) is 18.5 Å². The Morgan fingerprint density at radius 2 is 2.09 bits per heavy atom. The van der Waals surface area contributed by atoms with Crippen LogP contribution in [0.2, 0.25) is 0 Å². The Morgan fingerprint density at radius 3 is 2.91 bits per heavy atom. The van der Waals surface area contributed by atoms with E-state index in [-0.39, 0.29) is 18.4 Å². The van der Waals surface area contributed by atoms with Gasteiger partial charge in [0.05, 0.1) is 22.5 Å². The summed E-state index contributed by atoms with van der Waals surface area (Å²) >= 11 is 1.51. The van der Waals surface area contributed by atoms with E-state index in [0.29, 0.717) is 29.7 Å². The molecule has 0 bridgehead atoms. The minimum atomic E-state index is -0.143. The van der Waals surface area contributed by atoms with E-state index in [4.69, 9.17) is 26.0 Å². The molecule has 3 heterocycles. The Morgan fingerprint density at radius 1 is 1.24 bits per heavy atom. The lowest BCUT2D eigenvalue weighted by molar-refractivity contribution is -0.116. The monoisotopic (exact) mass is 458 g/mol. The molecule has 2 aromatic heterocycles.